The van der Waals surface area contributed by atoms with Gasteiger partial charge >= 0.3 is 6.03 Å². The summed E-state index contributed by atoms with van der Waals surface area (Å²) in [6, 6.07) is 9.44. The summed E-state index contributed by atoms with van der Waals surface area (Å²) in [5, 5.41) is 5.35. The van der Waals surface area contributed by atoms with E-state index < -0.39 is 29.9 Å². The van der Waals surface area contributed by atoms with E-state index in [4.69, 9.17) is 20.6 Å². The van der Waals surface area contributed by atoms with E-state index in [1.807, 2.05) is 0 Å². The Bertz CT molecular complexity index is 1220. The fraction of sp³-hybridized carbons (Fsp3) is 0.370. The number of methoxy groups -OCH3 is 1. The summed E-state index contributed by atoms with van der Waals surface area (Å²) < 4.78 is 30.8. The first kappa shape index (κ1) is 27.1. The van der Waals surface area contributed by atoms with Gasteiger partial charge in [0.1, 0.15) is 18.5 Å². The fourth-order valence-corrected chi connectivity index (χ4v) is 4.31. The second kappa shape index (κ2) is 12.5. The highest BCUT2D eigenvalue weighted by Crippen LogP contribution is 2.27. The number of nitrogens with zero attached hydrogens (tertiary/aromatic N) is 2. The zero-order valence-corrected chi connectivity index (χ0v) is 20.9. The van der Waals surface area contributed by atoms with Crippen LogP contribution in [0.25, 0.3) is 0 Å². The van der Waals surface area contributed by atoms with Gasteiger partial charge in [0.05, 0.1) is 31.6 Å². The maximum atomic E-state index is 14.9. The summed E-state index contributed by atoms with van der Waals surface area (Å²) in [4.78, 5) is 41.2. The molecule has 4 amide bonds. The molecule has 11 heteroatoms. The van der Waals surface area contributed by atoms with Crippen molar-refractivity contribution in [3.05, 3.63) is 53.8 Å². The summed E-state index contributed by atoms with van der Waals surface area (Å²) in [5.41, 5.74) is 1.49. The highest BCUT2D eigenvalue weighted by atomic mass is 19.1. The Labute approximate surface area is 220 Å². The van der Waals surface area contributed by atoms with E-state index in [0.29, 0.717) is 43.3 Å². The van der Waals surface area contributed by atoms with Crippen LogP contribution in [-0.4, -0.2) is 81.5 Å². The van der Waals surface area contributed by atoms with Crippen LogP contribution in [0.15, 0.2) is 42.5 Å². The molecule has 200 valence electrons. The summed E-state index contributed by atoms with van der Waals surface area (Å²) in [5.74, 6) is 0.975. The van der Waals surface area contributed by atoms with Gasteiger partial charge in [-0.3, -0.25) is 9.59 Å². The molecule has 10 nitrogen and oxygen atoms in total. The molecule has 2 aliphatic rings. The van der Waals surface area contributed by atoms with E-state index in [1.165, 1.54) is 21.9 Å². The smallest absolute Gasteiger partial charge is 0.322 e. The summed E-state index contributed by atoms with van der Waals surface area (Å²) in [6.45, 7) is 1.43. The number of morpholine rings is 1. The van der Waals surface area contributed by atoms with Gasteiger partial charge in [-0.15, -0.1) is 6.42 Å². The molecule has 38 heavy (non-hydrogen) atoms. The largest absolute Gasteiger partial charge is 0.382 e. The van der Waals surface area contributed by atoms with Crippen molar-refractivity contribution in [1.29, 1.82) is 0 Å². The van der Waals surface area contributed by atoms with E-state index >= 15 is 0 Å². The predicted octanol–water partition coefficient (Wildman–Crippen LogP) is 2.45. The van der Waals surface area contributed by atoms with Crippen LogP contribution in [0.3, 0.4) is 0 Å². The van der Waals surface area contributed by atoms with Crippen molar-refractivity contribution in [2.45, 2.75) is 18.6 Å². The number of halogens is 1. The Kier molecular flexibility index (Phi) is 8.91. The minimum Gasteiger partial charge on any atom is -0.382 e. The quantitative estimate of drug-likeness (QED) is 0.406. The molecule has 0 radical (unpaired) electrons. The normalized spacial score (nSPS) is 19.2. The molecule has 2 saturated heterocycles. The minimum absolute atomic E-state index is 0.0616. The van der Waals surface area contributed by atoms with Crippen molar-refractivity contribution >= 4 is 34.9 Å². The molecule has 2 aromatic rings. The first-order chi connectivity index (χ1) is 18.4. The van der Waals surface area contributed by atoms with Crippen molar-refractivity contribution in [3.63, 3.8) is 0 Å². The van der Waals surface area contributed by atoms with Crippen LogP contribution in [0.2, 0.25) is 0 Å². The number of nitrogens with one attached hydrogen (secondary N) is 2. The van der Waals surface area contributed by atoms with Gasteiger partial charge < -0.3 is 34.6 Å². The molecule has 2 aliphatic heterocycles. The van der Waals surface area contributed by atoms with Gasteiger partial charge in [0, 0.05) is 43.6 Å². The predicted molar refractivity (Wildman–Crippen MR) is 138 cm³/mol. The number of hydrogen-bond donors (Lipinski definition) is 2. The number of hydrogen-bond acceptors (Lipinski definition) is 6. The number of anilines is 3. The molecular weight excluding hydrogens is 495 g/mol. The lowest BCUT2D eigenvalue weighted by molar-refractivity contribution is -0.125. The van der Waals surface area contributed by atoms with Gasteiger partial charge in [-0.1, -0.05) is 5.92 Å². The highest BCUT2D eigenvalue weighted by molar-refractivity contribution is 6.00. The van der Waals surface area contributed by atoms with Gasteiger partial charge in [-0.25, -0.2) is 9.18 Å². The van der Waals surface area contributed by atoms with Gasteiger partial charge in [-0.2, -0.15) is 0 Å². The SMILES string of the molecule is C#Cc1ccc(NC(=O)N2C[C@H](OCCOC)C[C@@H]2C(=O)Nc2ccc(N3CCOCC3=O)cc2F)cc1. The molecule has 2 aromatic carbocycles. The standard InChI is InChI=1S/C27H29FN4O6/c1-3-18-4-6-19(7-5-18)29-27(35)32-16-21(38-13-12-36-2)15-24(32)26(34)30-23-9-8-20(14-22(23)28)31-10-11-37-17-25(31)33/h1,4-9,14,21,24H,10-13,15-17H2,2H3,(H,29,35)(H,30,34)/t21-,24-/m1/s1. The van der Waals surface area contributed by atoms with E-state index in [-0.39, 0.29) is 31.2 Å². The zero-order valence-electron chi connectivity index (χ0n) is 20.9. The first-order valence-corrected chi connectivity index (χ1v) is 12.1. The number of urea groups is 1. The first-order valence-electron chi connectivity index (χ1n) is 12.1. The third kappa shape index (κ3) is 6.47. The molecule has 2 fully saturated rings. The Morgan fingerprint density at radius 3 is 2.66 bits per heavy atom. The third-order valence-corrected chi connectivity index (χ3v) is 6.28. The van der Waals surface area contributed by atoms with Crippen LogP contribution in [0.1, 0.15) is 12.0 Å². The van der Waals surface area contributed by atoms with Gasteiger partial charge in [0.25, 0.3) is 5.91 Å². The van der Waals surface area contributed by atoms with E-state index in [0.717, 1.165) is 0 Å². The molecule has 0 saturated carbocycles. The van der Waals surface area contributed by atoms with E-state index in [2.05, 4.69) is 16.6 Å². The molecule has 0 aliphatic carbocycles. The topological polar surface area (TPSA) is 109 Å². The number of carbonyl (C=O) groups is 3. The Hall–Kier alpha value is -3.98. The number of amides is 4. The Morgan fingerprint density at radius 2 is 1.97 bits per heavy atom. The number of likely N-dealkylation sites (tertiary alicyclic amines) is 1. The molecule has 0 unspecified atom stereocenters. The van der Waals surface area contributed by atoms with Crippen molar-refractivity contribution in [2.24, 2.45) is 0 Å². The number of rotatable bonds is 8. The van der Waals surface area contributed by atoms with Crippen LogP contribution in [0.4, 0.5) is 26.2 Å². The lowest BCUT2D eigenvalue weighted by atomic mass is 10.1. The molecule has 2 heterocycles. The van der Waals surface area contributed by atoms with Gasteiger partial charge in [0.2, 0.25) is 5.91 Å². The second-order valence-corrected chi connectivity index (χ2v) is 8.79. The lowest BCUT2D eigenvalue weighted by Crippen LogP contribution is -2.45. The second-order valence-electron chi connectivity index (χ2n) is 8.79. The van der Waals surface area contributed by atoms with Gasteiger partial charge in [-0.05, 0) is 42.5 Å². The Balaban J connectivity index is 1.47. The number of carbonyl (C=O) groups excluding carboxylic acids is 3. The average molecular weight is 525 g/mol. The van der Waals surface area contributed by atoms with Crippen molar-refractivity contribution in [1.82, 2.24) is 4.90 Å². The van der Waals surface area contributed by atoms with Crippen molar-refractivity contribution in [2.75, 3.05) is 62.2 Å². The lowest BCUT2D eigenvalue weighted by Gasteiger charge is -2.27. The molecule has 0 aromatic heterocycles. The van der Waals surface area contributed by atoms with Crippen LogP contribution in [0.5, 0.6) is 0 Å². The van der Waals surface area contributed by atoms with Crippen molar-refractivity contribution < 1.29 is 33.0 Å². The number of ether oxygens (including phenoxy) is 3. The van der Waals surface area contributed by atoms with Crippen LogP contribution >= 0.6 is 0 Å². The van der Waals surface area contributed by atoms with Crippen LogP contribution in [0, 0.1) is 18.2 Å². The van der Waals surface area contributed by atoms with Crippen molar-refractivity contribution in [3.8, 4) is 12.3 Å². The molecular formula is C27H29FN4O6. The zero-order chi connectivity index (χ0) is 27.1. The number of benzene rings is 2. The minimum atomic E-state index is -0.910. The Morgan fingerprint density at radius 1 is 1.18 bits per heavy atom. The monoisotopic (exact) mass is 524 g/mol. The molecule has 0 spiro atoms. The van der Waals surface area contributed by atoms with Gasteiger partial charge in [0.15, 0.2) is 0 Å². The molecule has 4 rings (SSSR count). The summed E-state index contributed by atoms with van der Waals surface area (Å²) in [6.07, 6.45) is 5.20. The van der Waals surface area contributed by atoms with Crippen LogP contribution < -0.4 is 15.5 Å². The summed E-state index contributed by atoms with van der Waals surface area (Å²) in [7, 11) is 1.55. The maximum Gasteiger partial charge on any atom is 0.322 e. The molecule has 2 atom stereocenters. The molecule has 2 N–H and O–H groups in total. The third-order valence-electron chi connectivity index (χ3n) is 6.28. The van der Waals surface area contributed by atoms with E-state index in [1.54, 1.807) is 37.4 Å². The van der Waals surface area contributed by atoms with E-state index in [9.17, 15) is 18.8 Å². The number of terminal acetylenes is 1. The molecule has 0 bridgehead atoms. The highest BCUT2D eigenvalue weighted by Gasteiger charge is 2.40. The maximum absolute atomic E-state index is 14.9. The average Bonchev–Trinajstić information content (AvgIpc) is 3.35. The summed E-state index contributed by atoms with van der Waals surface area (Å²) >= 11 is 0. The fourth-order valence-electron chi connectivity index (χ4n) is 4.31. The van der Waals surface area contributed by atoms with Crippen LogP contribution in [-0.2, 0) is 23.8 Å².